The summed E-state index contributed by atoms with van der Waals surface area (Å²) < 4.78 is 0. The highest BCUT2D eigenvalue weighted by Crippen LogP contribution is 2.23. The average Bonchev–Trinajstić information content (AvgIpc) is 2.52. The first-order valence-corrected chi connectivity index (χ1v) is 8.54. The molecule has 0 amide bonds. The zero-order chi connectivity index (χ0) is 14.8. The van der Waals surface area contributed by atoms with Gasteiger partial charge >= 0.3 is 0 Å². The van der Waals surface area contributed by atoms with Crippen LogP contribution in [-0.4, -0.2) is 24.5 Å². The summed E-state index contributed by atoms with van der Waals surface area (Å²) in [5.41, 5.74) is 3.94. The highest BCUT2D eigenvalue weighted by atomic mass is 32.1. The van der Waals surface area contributed by atoms with Crippen LogP contribution in [0.15, 0.2) is 18.2 Å². The monoisotopic (exact) mass is 304 g/mol. The fraction of sp³-hybridized carbons (Fsp3) is 0.588. The van der Waals surface area contributed by atoms with Crippen LogP contribution in [-0.2, 0) is 0 Å². The van der Waals surface area contributed by atoms with Gasteiger partial charge in [0, 0.05) is 0 Å². The first-order chi connectivity index (χ1) is 10.2. The van der Waals surface area contributed by atoms with Crippen molar-refractivity contribution in [2.24, 2.45) is 0 Å². The first kappa shape index (κ1) is 14.8. The van der Waals surface area contributed by atoms with Crippen LogP contribution in [0.2, 0.25) is 0 Å². The maximum Gasteiger partial charge on any atom is 0.182 e. The zero-order valence-corrected chi connectivity index (χ0v) is 13.9. The van der Waals surface area contributed by atoms with Crippen molar-refractivity contribution >= 4 is 23.0 Å². The zero-order valence-electron chi connectivity index (χ0n) is 13.1. The van der Waals surface area contributed by atoms with Crippen LogP contribution in [0.4, 0.5) is 5.69 Å². The molecule has 3 nitrogen and oxygen atoms in total. The lowest BCUT2D eigenvalue weighted by atomic mass is 9.94. The van der Waals surface area contributed by atoms with Gasteiger partial charge in [0.25, 0.3) is 0 Å². The van der Waals surface area contributed by atoms with E-state index in [4.69, 9.17) is 12.2 Å². The van der Waals surface area contributed by atoms with Gasteiger partial charge in [0.15, 0.2) is 18.4 Å². The molecule has 2 N–H and O–H groups in total. The molecule has 1 saturated heterocycles. The number of thiocarbonyl (C=S) groups is 1. The van der Waals surface area contributed by atoms with Crippen LogP contribution >= 0.6 is 12.2 Å². The molecule has 1 saturated carbocycles. The fourth-order valence-corrected chi connectivity index (χ4v) is 3.86. The fourth-order valence-electron chi connectivity index (χ4n) is 3.62. The average molecular weight is 304 g/mol. The molecule has 1 heterocycles. The van der Waals surface area contributed by atoms with E-state index in [2.05, 4.69) is 42.3 Å². The Kier molecular flexibility index (Phi) is 4.45. The summed E-state index contributed by atoms with van der Waals surface area (Å²) in [4.78, 5) is 3.94. The lowest BCUT2D eigenvalue weighted by Crippen LogP contribution is -3.20. The number of hydrogen-bond acceptors (Lipinski definition) is 1. The number of benzene rings is 1. The van der Waals surface area contributed by atoms with Crippen LogP contribution in [0.3, 0.4) is 0 Å². The van der Waals surface area contributed by atoms with E-state index in [0.717, 1.165) is 24.5 Å². The van der Waals surface area contributed by atoms with Gasteiger partial charge < -0.3 is 5.32 Å². The highest BCUT2D eigenvalue weighted by molar-refractivity contribution is 7.80. The van der Waals surface area contributed by atoms with Crippen molar-refractivity contribution in [3.8, 4) is 0 Å². The van der Waals surface area contributed by atoms with Crippen molar-refractivity contribution in [1.82, 2.24) is 5.32 Å². The molecule has 0 aromatic heterocycles. The number of nitrogens with zero attached hydrogens (tertiary/aromatic N) is 1. The maximum atomic E-state index is 5.57. The largest absolute Gasteiger partial charge is 0.315 e. The summed E-state index contributed by atoms with van der Waals surface area (Å²) in [6, 6.07) is 7.29. The quantitative estimate of drug-likeness (QED) is 0.817. The van der Waals surface area contributed by atoms with Gasteiger partial charge in [-0.1, -0.05) is 18.6 Å². The smallest absolute Gasteiger partial charge is 0.182 e. The van der Waals surface area contributed by atoms with E-state index in [-0.39, 0.29) is 0 Å². The van der Waals surface area contributed by atoms with E-state index in [1.165, 1.54) is 48.9 Å². The van der Waals surface area contributed by atoms with E-state index in [1.54, 1.807) is 4.90 Å². The standard InChI is InChI=1S/C17H25N3S/c1-13-7-6-10-16(14(13)2)20-12-19(11-18-17(20)21)15-8-4-3-5-9-15/h6-7,10,15H,3-5,8-9,11-12H2,1-2H3,(H,18,21)/p+1. The minimum Gasteiger partial charge on any atom is -0.315 e. The van der Waals surface area contributed by atoms with Gasteiger partial charge in [0.05, 0.1) is 11.7 Å². The Morgan fingerprint density at radius 2 is 1.95 bits per heavy atom. The van der Waals surface area contributed by atoms with E-state index in [1.807, 2.05) is 0 Å². The predicted octanol–water partition coefficient (Wildman–Crippen LogP) is 2.13. The van der Waals surface area contributed by atoms with Crippen LogP contribution < -0.4 is 15.1 Å². The van der Waals surface area contributed by atoms with Gasteiger partial charge in [-0.2, -0.15) is 0 Å². The molecule has 2 aliphatic rings. The van der Waals surface area contributed by atoms with Crippen LogP contribution in [0.1, 0.15) is 43.2 Å². The van der Waals surface area contributed by atoms with Gasteiger partial charge in [-0.3, -0.25) is 9.80 Å². The molecule has 0 bridgehead atoms. The molecule has 21 heavy (non-hydrogen) atoms. The number of aryl methyl sites for hydroxylation is 1. The molecular formula is C17H26N3S+. The second-order valence-corrected chi connectivity index (χ2v) is 6.84. The van der Waals surface area contributed by atoms with Crippen molar-refractivity contribution in [2.45, 2.75) is 52.0 Å². The molecule has 4 heteroatoms. The van der Waals surface area contributed by atoms with E-state index in [9.17, 15) is 0 Å². The first-order valence-electron chi connectivity index (χ1n) is 8.13. The Morgan fingerprint density at radius 1 is 1.19 bits per heavy atom. The molecule has 1 atom stereocenters. The Balaban J connectivity index is 1.80. The van der Waals surface area contributed by atoms with Crippen LogP contribution in [0, 0.1) is 13.8 Å². The van der Waals surface area contributed by atoms with Crippen molar-refractivity contribution in [3.05, 3.63) is 29.3 Å². The highest BCUT2D eigenvalue weighted by Gasteiger charge is 2.31. The molecular weight excluding hydrogens is 278 g/mol. The third-order valence-corrected chi connectivity index (χ3v) is 5.49. The van der Waals surface area contributed by atoms with Gasteiger partial charge in [0.2, 0.25) is 0 Å². The summed E-state index contributed by atoms with van der Waals surface area (Å²) in [7, 11) is 0. The van der Waals surface area contributed by atoms with Crippen molar-refractivity contribution in [1.29, 1.82) is 0 Å². The van der Waals surface area contributed by atoms with E-state index in [0.29, 0.717) is 0 Å². The summed E-state index contributed by atoms with van der Waals surface area (Å²) in [6.45, 7) is 6.35. The minimum absolute atomic E-state index is 0.793. The van der Waals surface area contributed by atoms with Gasteiger partial charge in [0.1, 0.15) is 0 Å². The number of anilines is 1. The Morgan fingerprint density at radius 3 is 2.71 bits per heavy atom. The van der Waals surface area contributed by atoms with Crippen LogP contribution in [0.5, 0.6) is 0 Å². The van der Waals surface area contributed by atoms with Crippen molar-refractivity contribution in [2.75, 3.05) is 18.2 Å². The van der Waals surface area contributed by atoms with Crippen molar-refractivity contribution in [3.63, 3.8) is 0 Å². The van der Waals surface area contributed by atoms with Gasteiger partial charge in [-0.15, -0.1) is 0 Å². The molecule has 1 unspecified atom stereocenters. The Bertz CT molecular complexity index is 523. The third kappa shape index (κ3) is 3.06. The molecule has 1 aliphatic heterocycles. The second-order valence-electron chi connectivity index (χ2n) is 6.46. The van der Waals surface area contributed by atoms with E-state index < -0.39 is 0 Å². The van der Waals surface area contributed by atoms with Gasteiger partial charge in [-0.25, -0.2) is 0 Å². The number of nitrogens with one attached hydrogen (secondary N) is 2. The number of quaternary nitrogens is 1. The summed E-state index contributed by atoms with van der Waals surface area (Å²) >= 11 is 5.57. The third-order valence-electron chi connectivity index (χ3n) is 5.12. The van der Waals surface area contributed by atoms with E-state index >= 15 is 0 Å². The Hall–Kier alpha value is -1.13. The Labute approximate surface area is 133 Å². The minimum atomic E-state index is 0.793. The summed E-state index contributed by atoms with van der Waals surface area (Å²) in [6.07, 6.45) is 6.93. The molecule has 1 aliphatic carbocycles. The maximum absolute atomic E-state index is 5.57. The van der Waals surface area contributed by atoms with Crippen molar-refractivity contribution < 1.29 is 4.90 Å². The molecule has 0 radical (unpaired) electrons. The molecule has 2 fully saturated rings. The van der Waals surface area contributed by atoms with Crippen LogP contribution in [0.25, 0.3) is 0 Å². The normalized spacial score (nSPS) is 24.0. The number of rotatable bonds is 2. The van der Waals surface area contributed by atoms with Gasteiger partial charge in [-0.05, 0) is 68.9 Å². The second kappa shape index (κ2) is 6.32. The molecule has 1 aromatic rings. The molecule has 1 aromatic carbocycles. The summed E-state index contributed by atoms with van der Waals surface area (Å²) in [5.74, 6) is 0. The molecule has 114 valence electrons. The lowest BCUT2D eigenvalue weighted by Gasteiger charge is -2.40. The predicted molar refractivity (Wildman–Crippen MR) is 91.7 cm³/mol. The molecule has 0 spiro atoms. The SMILES string of the molecule is Cc1cccc(N2C[NH+](C3CCCCC3)CNC2=S)c1C. The summed E-state index contributed by atoms with van der Waals surface area (Å²) in [5, 5.41) is 4.32. The number of hydrogen-bond donors (Lipinski definition) is 2. The topological polar surface area (TPSA) is 19.7 Å². The lowest BCUT2D eigenvalue weighted by molar-refractivity contribution is -0.929. The molecule has 3 rings (SSSR count).